The SMILES string of the molecule is CCOC(=O)CSC1=C(C#N)[C@@H](c2ccccc2[N+](=O)[O-])CC(=O)N1. The first-order valence-electron chi connectivity index (χ1n) is 7.43. The summed E-state index contributed by atoms with van der Waals surface area (Å²) in [5, 5.41) is 23.6. The van der Waals surface area contributed by atoms with Gasteiger partial charge < -0.3 is 10.1 Å². The van der Waals surface area contributed by atoms with Crippen molar-refractivity contribution in [2.75, 3.05) is 12.4 Å². The molecule has 1 heterocycles. The molecular weight excluding hydrogens is 346 g/mol. The van der Waals surface area contributed by atoms with Gasteiger partial charge in [-0.2, -0.15) is 5.26 Å². The minimum absolute atomic E-state index is 0.0712. The normalized spacial score (nSPS) is 16.8. The van der Waals surface area contributed by atoms with Crippen LogP contribution in [-0.2, 0) is 14.3 Å². The van der Waals surface area contributed by atoms with Crippen molar-refractivity contribution >= 4 is 29.3 Å². The van der Waals surface area contributed by atoms with Crippen LogP contribution in [0.5, 0.6) is 0 Å². The highest BCUT2D eigenvalue weighted by molar-refractivity contribution is 8.03. The minimum atomic E-state index is -0.731. The summed E-state index contributed by atoms with van der Waals surface area (Å²) in [7, 11) is 0. The van der Waals surface area contributed by atoms with E-state index in [-0.39, 0.29) is 41.0 Å². The number of nitro groups is 1. The van der Waals surface area contributed by atoms with Gasteiger partial charge in [0.05, 0.1) is 34.0 Å². The molecule has 0 radical (unpaired) electrons. The smallest absolute Gasteiger partial charge is 0.316 e. The Balaban J connectivity index is 2.39. The van der Waals surface area contributed by atoms with Crippen molar-refractivity contribution in [2.45, 2.75) is 19.3 Å². The molecule has 0 spiro atoms. The monoisotopic (exact) mass is 361 g/mol. The second-order valence-corrected chi connectivity index (χ2v) is 6.05. The van der Waals surface area contributed by atoms with Gasteiger partial charge in [-0.1, -0.05) is 30.0 Å². The summed E-state index contributed by atoms with van der Waals surface area (Å²) in [6.07, 6.45) is -0.0722. The largest absolute Gasteiger partial charge is 0.465 e. The number of carbonyl (C=O) groups excluding carboxylic acids is 2. The Labute approximate surface area is 148 Å². The summed E-state index contributed by atoms with van der Waals surface area (Å²) in [6, 6.07) is 8.03. The number of nitrogens with zero attached hydrogens (tertiary/aromatic N) is 2. The molecule has 1 aliphatic heterocycles. The van der Waals surface area contributed by atoms with Crippen LogP contribution in [0.2, 0.25) is 0 Å². The summed E-state index contributed by atoms with van der Waals surface area (Å²) in [4.78, 5) is 34.2. The maximum atomic E-state index is 12.0. The first kappa shape index (κ1) is 18.5. The molecule has 130 valence electrons. The van der Waals surface area contributed by atoms with Crippen LogP contribution in [0, 0.1) is 21.4 Å². The Morgan fingerprint density at radius 1 is 1.52 bits per heavy atom. The van der Waals surface area contributed by atoms with Gasteiger partial charge in [-0.25, -0.2) is 0 Å². The predicted octanol–water partition coefficient (Wildman–Crippen LogP) is 2.23. The number of nitriles is 1. The number of thioether (sulfide) groups is 1. The Morgan fingerprint density at radius 2 is 2.24 bits per heavy atom. The highest BCUT2D eigenvalue weighted by atomic mass is 32.2. The number of allylic oxidation sites excluding steroid dienone is 1. The number of amides is 1. The van der Waals surface area contributed by atoms with Crippen molar-refractivity contribution in [3.63, 3.8) is 0 Å². The molecule has 1 aromatic rings. The molecule has 0 saturated heterocycles. The number of ether oxygens (including phenoxy) is 1. The molecular formula is C16H15N3O5S. The maximum Gasteiger partial charge on any atom is 0.316 e. The van der Waals surface area contributed by atoms with Gasteiger partial charge in [0.1, 0.15) is 0 Å². The van der Waals surface area contributed by atoms with Gasteiger partial charge in [-0.05, 0) is 6.92 Å². The van der Waals surface area contributed by atoms with Gasteiger partial charge in [-0.15, -0.1) is 0 Å². The number of carbonyl (C=O) groups is 2. The first-order chi connectivity index (χ1) is 12.0. The van der Waals surface area contributed by atoms with Crippen LogP contribution in [0.3, 0.4) is 0 Å². The van der Waals surface area contributed by atoms with E-state index in [1.165, 1.54) is 18.2 Å². The number of nitrogens with one attached hydrogen (secondary N) is 1. The highest BCUT2D eigenvalue weighted by Gasteiger charge is 2.33. The summed E-state index contributed by atoms with van der Waals surface area (Å²) in [5.74, 6) is -1.64. The van der Waals surface area contributed by atoms with E-state index in [1.807, 2.05) is 6.07 Å². The second-order valence-electron chi connectivity index (χ2n) is 5.07. The van der Waals surface area contributed by atoms with Crippen LogP contribution >= 0.6 is 11.8 Å². The van der Waals surface area contributed by atoms with Gasteiger partial charge in [0, 0.05) is 24.0 Å². The van der Waals surface area contributed by atoms with Crippen molar-refractivity contribution in [3.8, 4) is 6.07 Å². The van der Waals surface area contributed by atoms with Crippen LogP contribution in [0.15, 0.2) is 34.9 Å². The molecule has 0 aliphatic carbocycles. The van der Waals surface area contributed by atoms with E-state index in [0.717, 1.165) is 11.8 Å². The van der Waals surface area contributed by atoms with E-state index in [0.29, 0.717) is 5.56 Å². The molecule has 0 aromatic heterocycles. The van der Waals surface area contributed by atoms with E-state index in [1.54, 1.807) is 13.0 Å². The molecule has 2 rings (SSSR count). The van der Waals surface area contributed by atoms with E-state index in [4.69, 9.17) is 4.74 Å². The van der Waals surface area contributed by atoms with E-state index in [9.17, 15) is 25.0 Å². The number of hydrogen-bond donors (Lipinski definition) is 1. The molecule has 0 saturated carbocycles. The Morgan fingerprint density at radius 3 is 2.88 bits per heavy atom. The zero-order chi connectivity index (χ0) is 18.4. The lowest BCUT2D eigenvalue weighted by atomic mass is 9.86. The average Bonchev–Trinajstić information content (AvgIpc) is 2.59. The van der Waals surface area contributed by atoms with E-state index < -0.39 is 16.8 Å². The van der Waals surface area contributed by atoms with Gasteiger partial charge >= 0.3 is 5.97 Å². The summed E-state index contributed by atoms with van der Waals surface area (Å²) < 4.78 is 4.82. The fourth-order valence-corrected chi connectivity index (χ4v) is 3.36. The number of hydrogen-bond acceptors (Lipinski definition) is 7. The lowest BCUT2D eigenvalue weighted by Crippen LogP contribution is -2.31. The third kappa shape index (κ3) is 4.36. The quantitative estimate of drug-likeness (QED) is 0.468. The Bertz CT molecular complexity index is 784. The third-order valence-corrected chi connectivity index (χ3v) is 4.50. The fraction of sp³-hybridized carbons (Fsp3) is 0.312. The van der Waals surface area contributed by atoms with Gasteiger partial charge in [0.25, 0.3) is 5.69 Å². The minimum Gasteiger partial charge on any atom is -0.465 e. The number of nitro benzene ring substituents is 1. The molecule has 1 atom stereocenters. The first-order valence-corrected chi connectivity index (χ1v) is 8.42. The van der Waals surface area contributed by atoms with Crippen molar-refractivity contribution in [2.24, 2.45) is 0 Å². The van der Waals surface area contributed by atoms with Crippen LogP contribution in [0.4, 0.5) is 5.69 Å². The molecule has 0 fully saturated rings. The van der Waals surface area contributed by atoms with Gasteiger partial charge in [0.2, 0.25) is 5.91 Å². The Hall–Kier alpha value is -2.86. The van der Waals surface area contributed by atoms with Crippen molar-refractivity contribution in [3.05, 3.63) is 50.5 Å². The summed E-state index contributed by atoms with van der Waals surface area (Å²) in [6.45, 7) is 1.91. The zero-order valence-electron chi connectivity index (χ0n) is 13.4. The molecule has 9 heteroatoms. The number of rotatable bonds is 6. The lowest BCUT2D eigenvalue weighted by Gasteiger charge is -2.24. The zero-order valence-corrected chi connectivity index (χ0v) is 14.2. The molecule has 8 nitrogen and oxygen atoms in total. The van der Waals surface area contributed by atoms with Crippen molar-refractivity contribution in [1.29, 1.82) is 5.26 Å². The average molecular weight is 361 g/mol. The molecule has 1 aromatic carbocycles. The van der Waals surface area contributed by atoms with Gasteiger partial charge in [0.15, 0.2) is 0 Å². The van der Waals surface area contributed by atoms with Crippen LogP contribution in [-0.4, -0.2) is 29.2 Å². The predicted molar refractivity (Wildman–Crippen MR) is 90.3 cm³/mol. The van der Waals surface area contributed by atoms with Crippen LogP contribution in [0.25, 0.3) is 0 Å². The third-order valence-electron chi connectivity index (χ3n) is 3.50. The van der Waals surface area contributed by atoms with Crippen molar-refractivity contribution in [1.82, 2.24) is 5.32 Å². The summed E-state index contributed by atoms with van der Waals surface area (Å²) in [5.41, 5.74) is 0.348. The number of benzene rings is 1. The van der Waals surface area contributed by atoms with Gasteiger partial charge in [-0.3, -0.25) is 19.7 Å². The molecule has 1 aliphatic rings. The Kier molecular flexibility index (Phi) is 6.14. The molecule has 25 heavy (non-hydrogen) atoms. The fourth-order valence-electron chi connectivity index (χ4n) is 2.48. The topological polar surface area (TPSA) is 122 Å². The number of para-hydroxylation sites is 1. The summed E-state index contributed by atoms with van der Waals surface area (Å²) >= 11 is 0.975. The maximum absolute atomic E-state index is 12.0. The van der Waals surface area contributed by atoms with Crippen LogP contribution in [0.1, 0.15) is 24.8 Å². The van der Waals surface area contributed by atoms with E-state index in [2.05, 4.69) is 5.32 Å². The molecule has 0 bridgehead atoms. The van der Waals surface area contributed by atoms with Crippen molar-refractivity contribution < 1.29 is 19.2 Å². The molecule has 1 N–H and O–H groups in total. The molecule has 1 amide bonds. The second kappa shape index (κ2) is 8.30. The highest BCUT2D eigenvalue weighted by Crippen LogP contribution is 2.39. The van der Waals surface area contributed by atoms with E-state index >= 15 is 0 Å². The van der Waals surface area contributed by atoms with Crippen LogP contribution < -0.4 is 5.32 Å². The molecule has 0 unspecified atom stereocenters. The standard InChI is InChI=1S/C16H15N3O5S/c1-2-24-15(21)9-25-16-12(8-17)11(7-14(20)18-16)10-5-3-4-6-13(10)19(22)23/h3-6,11H,2,7,9H2,1H3,(H,18,20)/t11-/m1/s1. The number of esters is 1. The lowest BCUT2D eigenvalue weighted by molar-refractivity contribution is -0.385.